The van der Waals surface area contributed by atoms with E-state index in [4.69, 9.17) is 16.6 Å². The largest absolute Gasteiger partial charge is 0.349 e. The zero-order valence-electron chi connectivity index (χ0n) is 19.4. The number of nitrogens with zero attached hydrogens (tertiary/aromatic N) is 3. The molecule has 34 heavy (non-hydrogen) atoms. The van der Waals surface area contributed by atoms with Gasteiger partial charge in [0, 0.05) is 36.3 Å². The molecule has 1 saturated heterocycles. The predicted molar refractivity (Wildman–Crippen MR) is 137 cm³/mol. The van der Waals surface area contributed by atoms with Gasteiger partial charge in [-0.25, -0.2) is 4.98 Å². The molecule has 0 saturated carbocycles. The monoisotopic (exact) mass is 472 g/mol. The van der Waals surface area contributed by atoms with E-state index in [2.05, 4.69) is 45.1 Å². The number of likely N-dealkylation sites (tertiary alicyclic amines) is 1. The number of nitrogens with one attached hydrogen (secondary N) is 1. The number of imidazole rings is 1. The number of carbonyl (C=O) groups excluding carboxylic acids is 1. The van der Waals surface area contributed by atoms with Gasteiger partial charge in [-0.2, -0.15) is 0 Å². The van der Waals surface area contributed by atoms with Crippen LogP contribution in [0.15, 0.2) is 72.8 Å². The van der Waals surface area contributed by atoms with Gasteiger partial charge in [-0.15, -0.1) is 0 Å². The van der Waals surface area contributed by atoms with Crippen LogP contribution in [-0.2, 0) is 13.1 Å². The van der Waals surface area contributed by atoms with Gasteiger partial charge in [-0.1, -0.05) is 60.1 Å². The summed E-state index contributed by atoms with van der Waals surface area (Å²) >= 11 is 6.25. The Morgan fingerprint density at radius 3 is 2.50 bits per heavy atom. The van der Waals surface area contributed by atoms with E-state index in [-0.39, 0.29) is 11.9 Å². The second kappa shape index (κ2) is 10.00. The highest BCUT2D eigenvalue weighted by Crippen LogP contribution is 2.24. The van der Waals surface area contributed by atoms with Gasteiger partial charge in [0.05, 0.1) is 17.6 Å². The van der Waals surface area contributed by atoms with E-state index in [1.807, 2.05) is 49.4 Å². The molecule has 0 aliphatic carbocycles. The Bertz CT molecular complexity index is 1290. The van der Waals surface area contributed by atoms with Crippen molar-refractivity contribution in [2.45, 2.75) is 38.9 Å². The van der Waals surface area contributed by atoms with Crippen molar-refractivity contribution >= 4 is 28.5 Å². The standard InChI is InChI=1S/C28H29ClN4O/c1-20-7-5-6-10-24(20)28(34)30-23-13-15-32(16-14-23)19-27-31-25-17-22(29)11-12-26(25)33(27)18-21-8-3-2-4-9-21/h2-12,17,23H,13-16,18-19H2,1H3,(H,30,34). The average molecular weight is 473 g/mol. The van der Waals surface area contributed by atoms with Crippen molar-refractivity contribution in [2.75, 3.05) is 13.1 Å². The molecular weight excluding hydrogens is 444 g/mol. The van der Waals surface area contributed by atoms with Crippen LogP contribution in [0.5, 0.6) is 0 Å². The maximum Gasteiger partial charge on any atom is 0.251 e. The highest BCUT2D eigenvalue weighted by Gasteiger charge is 2.23. The molecule has 1 N–H and O–H groups in total. The molecule has 1 aromatic heterocycles. The second-order valence-electron chi connectivity index (χ2n) is 9.07. The normalized spacial score (nSPS) is 15.0. The van der Waals surface area contributed by atoms with Gasteiger partial charge < -0.3 is 9.88 Å². The number of hydrogen-bond donors (Lipinski definition) is 1. The highest BCUT2D eigenvalue weighted by molar-refractivity contribution is 6.31. The predicted octanol–water partition coefficient (Wildman–Crippen LogP) is 5.44. The number of halogens is 1. The number of aryl methyl sites for hydroxylation is 1. The summed E-state index contributed by atoms with van der Waals surface area (Å²) in [5.41, 5.74) is 5.05. The fourth-order valence-electron chi connectivity index (χ4n) is 4.74. The molecule has 0 spiro atoms. The quantitative estimate of drug-likeness (QED) is 0.406. The van der Waals surface area contributed by atoms with Crippen molar-refractivity contribution in [3.63, 3.8) is 0 Å². The van der Waals surface area contributed by atoms with Crippen LogP contribution in [0.3, 0.4) is 0 Å². The van der Waals surface area contributed by atoms with Crippen molar-refractivity contribution in [1.82, 2.24) is 19.8 Å². The first-order chi connectivity index (χ1) is 16.6. The van der Waals surface area contributed by atoms with E-state index in [0.717, 1.165) is 67.0 Å². The summed E-state index contributed by atoms with van der Waals surface area (Å²) in [5.74, 6) is 1.07. The molecule has 5 nitrogen and oxygen atoms in total. The minimum absolute atomic E-state index is 0.0260. The fourth-order valence-corrected chi connectivity index (χ4v) is 4.91. The Balaban J connectivity index is 1.27. The third-order valence-electron chi connectivity index (χ3n) is 6.65. The van der Waals surface area contributed by atoms with Gasteiger partial charge in [-0.3, -0.25) is 9.69 Å². The van der Waals surface area contributed by atoms with E-state index in [9.17, 15) is 4.79 Å². The SMILES string of the molecule is Cc1ccccc1C(=O)NC1CCN(Cc2nc3cc(Cl)ccc3n2Cc2ccccc2)CC1. The summed E-state index contributed by atoms with van der Waals surface area (Å²) < 4.78 is 2.30. The average Bonchev–Trinajstić information content (AvgIpc) is 3.17. The number of carbonyl (C=O) groups is 1. The molecule has 4 aromatic rings. The second-order valence-corrected chi connectivity index (χ2v) is 9.51. The lowest BCUT2D eigenvalue weighted by Gasteiger charge is -2.32. The summed E-state index contributed by atoms with van der Waals surface area (Å²) in [6, 6.07) is 24.4. The first-order valence-electron chi connectivity index (χ1n) is 11.8. The van der Waals surface area contributed by atoms with Crippen LogP contribution in [0, 0.1) is 6.92 Å². The number of aromatic nitrogens is 2. The molecule has 3 aromatic carbocycles. The third-order valence-corrected chi connectivity index (χ3v) is 6.89. The summed E-state index contributed by atoms with van der Waals surface area (Å²) in [6.45, 7) is 5.38. The van der Waals surface area contributed by atoms with E-state index in [1.165, 1.54) is 5.56 Å². The van der Waals surface area contributed by atoms with Crippen LogP contribution in [0.1, 0.15) is 40.2 Å². The number of piperidine rings is 1. The van der Waals surface area contributed by atoms with Crippen LogP contribution in [0.4, 0.5) is 0 Å². The molecule has 1 aliphatic rings. The van der Waals surface area contributed by atoms with Crippen LogP contribution >= 0.6 is 11.6 Å². The lowest BCUT2D eigenvalue weighted by Crippen LogP contribution is -2.44. The number of amides is 1. The minimum Gasteiger partial charge on any atom is -0.349 e. The van der Waals surface area contributed by atoms with E-state index in [0.29, 0.717) is 5.02 Å². The van der Waals surface area contributed by atoms with E-state index < -0.39 is 0 Å². The lowest BCUT2D eigenvalue weighted by atomic mass is 10.0. The first-order valence-corrected chi connectivity index (χ1v) is 12.2. The molecular formula is C28H29ClN4O. The Hall–Kier alpha value is -3.15. The number of rotatable bonds is 6. The van der Waals surface area contributed by atoms with Gasteiger partial charge in [0.25, 0.3) is 5.91 Å². The zero-order chi connectivity index (χ0) is 23.5. The third kappa shape index (κ3) is 5.01. The molecule has 2 heterocycles. The lowest BCUT2D eigenvalue weighted by molar-refractivity contribution is 0.0907. The van der Waals surface area contributed by atoms with Gasteiger partial charge in [0.1, 0.15) is 5.82 Å². The number of hydrogen-bond acceptors (Lipinski definition) is 3. The number of benzene rings is 3. The molecule has 1 amide bonds. The molecule has 0 atom stereocenters. The molecule has 174 valence electrons. The number of fused-ring (bicyclic) bond motifs is 1. The summed E-state index contributed by atoms with van der Waals surface area (Å²) in [5, 5.41) is 3.93. The van der Waals surface area contributed by atoms with Gasteiger partial charge in [-0.05, 0) is 55.2 Å². The van der Waals surface area contributed by atoms with Crippen molar-refractivity contribution in [3.8, 4) is 0 Å². The van der Waals surface area contributed by atoms with Gasteiger partial charge >= 0.3 is 0 Å². The smallest absolute Gasteiger partial charge is 0.251 e. The highest BCUT2D eigenvalue weighted by atomic mass is 35.5. The van der Waals surface area contributed by atoms with Crippen LogP contribution < -0.4 is 5.32 Å². The Morgan fingerprint density at radius 1 is 1.00 bits per heavy atom. The van der Waals surface area contributed by atoms with Crippen molar-refractivity contribution < 1.29 is 4.79 Å². The topological polar surface area (TPSA) is 50.2 Å². The molecule has 6 heteroatoms. The van der Waals surface area contributed by atoms with E-state index >= 15 is 0 Å². The first kappa shape index (κ1) is 22.6. The molecule has 1 aliphatic heterocycles. The van der Waals surface area contributed by atoms with Crippen molar-refractivity contribution in [1.29, 1.82) is 0 Å². The summed E-state index contributed by atoms with van der Waals surface area (Å²) in [4.78, 5) is 20.1. The molecule has 1 fully saturated rings. The Labute approximate surface area is 205 Å². The Kier molecular flexibility index (Phi) is 6.66. The van der Waals surface area contributed by atoms with Gasteiger partial charge in [0.2, 0.25) is 0 Å². The zero-order valence-corrected chi connectivity index (χ0v) is 20.1. The molecule has 0 unspecified atom stereocenters. The van der Waals surface area contributed by atoms with Gasteiger partial charge in [0.15, 0.2) is 0 Å². The summed E-state index contributed by atoms with van der Waals surface area (Å²) in [6.07, 6.45) is 1.87. The van der Waals surface area contributed by atoms with Crippen LogP contribution in [-0.4, -0.2) is 39.5 Å². The Morgan fingerprint density at radius 2 is 1.74 bits per heavy atom. The van der Waals surface area contributed by atoms with Crippen LogP contribution in [0.25, 0.3) is 11.0 Å². The maximum atomic E-state index is 12.7. The fraction of sp³-hybridized carbons (Fsp3) is 0.286. The van der Waals surface area contributed by atoms with Crippen molar-refractivity contribution in [3.05, 3.63) is 100 Å². The van der Waals surface area contributed by atoms with Crippen LogP contribution in [0.2, 0.25) is 5.02 Å². The van der Waals surface area contributed by atoms with Crippen molar-refractivity contribution in [2.24, 2.45) is 0 Å². The summed E-state index contributed by atoms with van der Waals surface area (Å²) in [7, 11) is 0. The molecule has 5 rings (SSSR count). The van der Waals surface area contributed by atoms with E-state index in [1.54, 1.807) is 0 Å². The minimum atomic E-state index is 0.0260. The molecule has 0 radical (unpaired) electrons. The maximum absolute atomic E-state index is 12.7. The molecule has 0 bridgehead atoms.